The highest BCUT2D eigenvalue weighted by Gasteiger charge is 2.19. The van der Waals surface area contributed by atoms with Crippen LogP contribution in [0.15, 0.2) is 18.2 Å². The third-order valence-corrected chi connectivity index (χ3v) is 4.14. The smallest absolute Gasteiger partial charge is 0.123 e. The fourth-order valence-electron chi connectivity index (χ4n) is 2.92. The monoisotopic (exact) mass is 273 g/mol. The summed E-state index contributed by atoms with van der Waals surface area (Å²) in [6.45, 7) is 5.22. The lowest BCUT2D eigenvalue weighted by Gasteiger charge is -2.34. The summed E-state index contributed by atoms with van der Waals surface area (Å²) >= 11 is 0. The summed E-state index contributed by atoms with van der Waals surface area (Å²) in [6, 6.07) is 6.44. The van der Waals surface area contributed by atoms with E-state index in [2.05, 4.69) is 52.0 Å². The van der Waals surface area contributed by atoms with E-state index in [9.17, 15) is 0 Å². The van der Waals surface area contributed by atoms with E-state index in [0.717, 1.165) is 44.1 Å². The number of hydrogen-bond acceptors (Lipinski definition) is 4. The fourth-order valence-corrected chi connectivity index (χ4v) is 2.92. The van der Waals surface area contributed by atoms with Crippen molar-refractivity contribution in [2.75, 3.05) is 45.2 Å². The number of aromatic nitrogens is 2. The molecule has 0 atom stereocenters. The number of piperazine rings is 1. The number of aryl methyl sites for hydroxylation is 1. The molecule has 0 bridgehead atoms. The van der Waals surface area contributed by atoms with E-state index in [-0.39, 0.29) is 0 Å². The molecule has 5 nitrogen and oxygen atoms in total. The summed E-state index contributed by atoms with van der Waals surface area (Å²) in [5.41, 5.74) is 3.66. The number of benzene rings is 1. The van der Waals surface area contributed by atoms with Gasteiger partial charge in [-0.05, 0) is 26.2 Å². The summed E-state index contributed by atoms with van der Waals surface area (Å²) in [4.78, 5) is 9.60. The van der Waals surface area contributed by atoms with Crippen molar-refractivity contribution in [3.63, 3.8) is 0 Å². The van der Waals surface area contributed by atoms with Gasteiger partial charge >= 0.3 is 0 Å². The normalized spacial score (nSPS) is 17.1. The number of nitrogens with one attached hydrogen (secondary N) is 1. The van der Waals surface area contributed by atoms with Gasteiger partial charge in [0.2, 0.25) is 0 Å². The van der Waals surface area contributed by atoms with Gasteiger partial charge in [-0.3, -0.25) is 0 Å². The van der Waals surface area contributed by atoms with Crippen LogP contribution in [0.5, 0.6) is 0 Å². The predicted octanol–water partition coefficient (Wildman–Crippen LogP) is 1.04. The molecule has 0 saturated carbocycles. The van der Waals surface area contributed by atoms with Gasteiger partial charge in [0.15, 0.2) is 0 Å². The third-order valence-electron chi connectivity index (χ3n) is 4.14. The molecule has 1 aliphatic heterocycles. The van der Waals surface area contributed by atoms with Crippen molar-refractivity contribution in [1.29, 1.82) is 0 Å². The first-order chi connectivity index (χ1) is 9.70. The molecule has 2 heterocycles. The molecule has 1 aromatic carbocycles. The Hall–Kier alpha value is -1.59. The molecule has 20 heavy (non-hydrogen) atoms. The van der Waals surface area contributed by atoms with Crippen LogP contribution < -0.4 is 10.2 Å². The Balaban J connectivity index is 2.02. The van der Waals surface area contributed by atoms with Crippen LogP contribution in [0.1, 0.15) is 5.82 Å². The summed E-state index contributed by atoms with van der Waals surface area (Å²) in [5.74, 6) is 1.09. The highest BCUT2D eigenvalue weighted by Crippen LogP contribution is 2.27. The van der Waals surface area contributed by atoms with Crippen LogP contribution in [0.25, 0.3) is 11.0 Å². The second-order valence-corrected chi connectivity index (χ2v) is 5.55. The summed E-state index contributed by atoms with van der Waals surface area (Å²) < 4.78 is 2.22. The number of nitrogens with zero attached hydrogens (tertiary/aromatic N) is 4. The zero-order valence-electron chi connectivity index (χ0n) is 12.6. The van der Waals surface area contributed by atoms with Crippen LogP contribution in [0, 0.1) is 0 Å². The van der Waals surface area contributed by atoms with Gasteiger partial charge in [-0.25, -0.2) is 4.98 Å². The molecule has 0 amide bonds. The van der Waals surface area contributed by atoms with Crippen LogP contribution in [0.2, 0.25) is 0 Å². The van der Waals surface area contributed by atoms with Crippen molar-refractivity contribution >= 4 is 16.7 Å². The van der Waals surface area contributed by atoms with Gasteiger partial charge in [0, 0.05) is 33.2 Å². The van der Waals surface area contributed by atoms with Crippen molar-refractivity contribution in [3.05, 3.63) is 24.0 Å². The van der Waals surface area contributed by atoms with E-state index < -0.39 is 0 Å². The molecule has 1 N–H and O–H groups in total. The topological polar surface area (TPSA) is 36.3 Å². The molecule has 0 spiro atoms. The van der Waals surface area contributed by atoms with Gasteiger partial charge < -0.3 is 19.7 Å². The molecule has 5 heteroatoms. The number of anilines is 1. The van der Waals surface area contributed by atoms with Gasteiger partial charge in [-0.2, -0.15) is 0 Å². The molecule has 1 fully saturated rings. The molecular weight excluding hydrogens is 250 g/mol. The van der Waals surface area contributed by atoms with Gasteiger partial charge in [0.05, 0.1) is 23.3 Å². The molecular formula is C15H23N5. The molecule has 0 radical (unpaired) electrons. The Morgan fingerprint density at radius 3 is 2.60 bits per heavy atom. The molecule has 0 unspecified atom stereocenters. The lowest BCUT2D eigenvalue weighted by molar-refractivity contribution is 0.313. The van der Waals surface area contributed by atoms with E-state index >= 15 is 0 Å². The minimum Gasteiger partial charge on any atom is -0.367 e. The van der Waals surface area contributed by atoms with E-state index in [1.54, 1.807) is 0 Å². The Morgan fingerprint density at radius 1 is 1.15 bits per heavy atom. The number of fused-ring (bicyclic) bond motifs is 1. The van der Waals surface area contributed by atoms with Gasteiger partial charge in [-0.1, -0.05) is 6.07 Å². The number of likely N-dealkylation sites (N-methyl/N-ethyl adjacent to an activating group) is 1. The standard InChI is InChI=1S/C15H23N5/c1-16-11-14-17-12-5-4-6-13(15(12)19(14)3)20-9-7-18(2)8-10-20/h4-6,16H,7-11H2,1-3H3. The second-order valence-electron chi connectivity index (χ2n) is 5.55. The minimum atomic E-state index is 0.799. The predicted molar refractivity (Wildman–Crippen MR) is 83.2 cm³/mol. The van der Waals surface area contributed by atoms with Crippen molar-refractivity contribution in [2.24, 2.45) is 7.05 Å². The van der Waals surface area contributed by atoms with E-state index in [0.29, 0.717) is 0 Å². The van der Waals surface area contributed by atoms with Crippen molar-refractivity contribution in [3.8, 4) is 0 Å². The second kappa shape index (κ2) is 5.42. The first-order valence-corrected chi connectivity index (χ1v) is 7.23. The number of rotatable bonds is 3. The van der Waals surface area contributed by atoms with Gasteiger partial charge in [0.1, 0.15) is 5.82 Å². The van der Waals surface area contributed by atoms with Crippen LogP contribution in [0.4, 0.5) is 5.69 Å². The summed E-state index contributed by atoms with van der Waals surface area (Å²) in [7, 11) is 6.26. The molecule has 3 rings (SSSR count). The maximum Gasteiger partial charge on any atom is 0.123 e. The average Bonchev–Trinajstić information content (AvgIpc) is 2.77. The molecule has 1 aromatic heterocycles. The first kappa shape index (κ1) is 13.4. The minimum absolute atomic E-state index is 0.799. The van der Waals surface area contributed by atoms with Crippen LogP contribution >= 0.6 is 0 Å². The van der Waals surface area contributed by atoms with Crippen molar-refractivity contribution in [1.82, 2.24) is 19.8 Å². The number of hydrogen-bond donors (Lipinski definition) is 1. The first-order valence-electron chi connectivity index (χ1n) is 7.23. The Bertz CT molecular complexity index is 596. The van der Waals surface area contributed by atoms with Crippen molar-refractivity contribution in [2.45, 2.75) is 6.54 Å². The van der Waals surface area contributed by atoms with Gasteiger partial charge in [-0.15, -0.1) is 0 Å². The zero-order valence-corrected chi connectivity index (χ0v) is 12.6. The van der Waals surface area contributed by atoms with E-state index in [1.165, 1.54) is 11.2 Å². The van der Waals surface area contributed by atoms with Crippen LogP contribution in [0.3, 0.4) is 0 Å². The Kier molecular flexibility index (Phi) is 3.63. The molecule has 1 aliphatic rings. The highest BCUT2D eigenvalue weighted by atomic mass is 15.3. The maximum atomic E-state index is 4.74. The van der Waals surface area contributed by atoms with E-state index in [1.807, 2.05) is 7.05 Å². The van der Waals surface area contributed by atoms with Crippen LogP contribution in [-0.2, 0) is 13.6 Å². The maximum absolute atomic E-state index is 4.74. The lowest BCUT2D eigenvalue weighted by atomic mass is 10.2. The highest BCUT2D eigenvalue weighted by molar-refractivity contribution is 5.89. The van der Waals surface area contributed by atoms with E-state index in [4.69, 9.17) is 4.98 Å². The molecule has 108 valence electrons. The summed E-state index contributed by atoms with van der Waals surface area (Å²) in [6.07, 6.45) is 0. The number of para-hydroxylation sites is 1. The van der Waals surface area contributed by atoms with Crippen LogP contribution in [-0.4, -0.2) is 54.7 Å². The van der Waals surface area contributed by atoms with Crippen molar-refractivity contribution < 1.29 is 0 Å². The zero-order chi connectivity index (χ0) is 14.1. The Labute approximate surface area is 120 Å². The quantitative estimate of drug-likeness (QED) is 0.907. The SMILES string of the molecule is CNCc1nc2cccc(N3CCN(C)CC3)c2n1C. The molecule has 1 saturated heterocycles. The molecule has 2 aromatic rings. The fraction of sp³-hybridized carbons (Fsp3) is 0.533. The average molecular weight is 273 g/mol. The third kappa shape index (κ3) is 2.27. The van der Waals surface area contributed by atoms with Gasteiger partial charge in [0.25, 0.3) is 0 Å². The molecule has 0 aliphatic carbocycles. The lowest BCUT2D eigenvalue weighted by Crippen LogP contribution is -2.44. The largest absolute Gasteiger partial charge is 0.367 e. The Morgan fingerprint density at radius 2 is 1.90 bits per heavy atom. The summed E-state index contributed by atoms with van der Waals surface area (Å²) in [5, 5.41) is 3.19. The number of imidazole rings is 1.